The van der Waals surface area contributed by atoms with Crippen LogP contribution >= 0.6 is 23.2 Å². The molecule has 38 heavy (non-hydrogen) atoms. The third kappa shape index (κ3) is 7.04. The van der Waals surface area contributed by atoms with Crippen molar-refractivity contribution in [2.75, 3.05) is 10.8 Å². The van der Waals surface area contributed by atoms with Crippen molar-refractivity contribution in [2.24, 2.45) is 0 Å². The molecule has 0 bridgehead atoms. The van der Waals surface area contributed by atoms with Crippen LogP contribution < -0.4 is 14.4 Å². The van der Waals surface area contributed by atoms with Gasteiger partial charge in [-0.05, 0) is 65.7 Å². The first kappa shape index (κ1) is 27.4. The second kappa shape index (κ2) is 12.3. The molecule has 0 aromatic heterocycles. The summed E-state index contributed by atoms with van der Waals surface area (Å²) in [5.74, 6) is -0.200. The molecule has 0 aliphatic heterocycles. The molecule has 0 fully saturated rings. The number of nitrogens with one attached hydrogen (secondary N) is 1. The van der Waals surface area contributed by atoms with E-state index in [1.807, 2.05) is 0 Å². The van der Waals surface area contributed by atoms with Crippen LogP contribution in [0.5, 0.6) is 5.75 Å². The molecule has 0 unspecified atom stereocenters. The Morgan fingerprint density at radius 2 is 1.50 bits per heavy atom. The number of nitrogens with zero attached hydrogens (tertiary/aromatic N) is 1. The van der Waals surface area contributed by atoms with Gasteiger partial charge >= 0.3 is 0 Å². The summed E-state index contributed by atoms with van der Waals surface area (Å²) in [7, 11) is -4.07. The lowest BCUT2D eigenvalue weighted by molar-refractivity contribution is -0.119. The van der Waals surface area contributed by atoms with Crippen molar-refractivity contribution in [1.29, 1.82) is 0 Å². The largest absolute Gasteiger partial charge is 0.489 e. The number of hydrogen-bond acceptors (Lipinski definition) is 4. The molecule has 1 N–H and O–H groups in total. The van der Waals surface area contributed by atoms with Crippen molar-refractivity contribution < 1.29 is 22.3 Å². The minimum atomic E-state index is -4.07. The van der Waals surface area contributed by atoms with Gasteiger partial charge in [-0.2, -0.15) is 0 Å². The molecule has 196 valence electrons. The van der Waals surface area contributed by atoms with Crippen molar-refractivity contribution in [3.8, 4) is 5.75 Å². The molecule has 4 rings (SSSR count). The van der Waals surface area contributed by atoms with E-state index >= 15 is 0 Å². The number of anilines is 1. The first-order valence-electron chi connectivity index (χ1n) is 11.5. The summed E-state index contributed by atoms with van der Waals surface area (Å²) in [6.07, 6.45) is 0. The Morgan fingerprint density at radius 1 is 0.842 bits per heavy atom. The van der Waals surface area contributed by atoms with E-state index in [2.05, 4.69) is 5.32 Å². The van der Waals surface area contributed by atoms with E-state index in [1.54, 1.807) is 54.6 Å². The van der Waals surface area contributed by atoms with Crippen molar-refractivity contribution in [3.05, 3.63) is 124 Å². The molecule has 0 saturated carbocycles. The summed E-state index contributed by atoms with van der Waals surface area (Å²) < 4.78 is 46.5. The fourth-order valence-electron chi connectivity index (χ4n) is 3.51. The highest BCUT2D eigenvalue weighted by molar-refractivity contribution is 7.92. The van der Waals surface area contributed by atoms with Gasteiger partial charge in [-0.1, -0.05) is 65.7 Å². The zero-order valence-corrected chi connectivity index (χ0v) is 22.3. The van der Waals surface area contributed by atoms with Crippen molar-refractivity contribution in [3.63, 3.8) is 0 Å². The Balaban J connectivity index is 1.41. The van der Waals surface area contributed by atoms with E-state index in [9.17, 15) is 17.6 Å². The third-order valence-electron chi connectivity index (χ3n) is 5.54. The number of carbonyl (C=O) groups is 1. The molecule has 4 aromatic carbocycles. The fourth-order valence-corrected chi connectivity index (χ4v) is 5.24. The summed E-state index contributed by atoms with van der Waals surface area (Å²) in [4.78, 5) is 12.9. The van der Waals surface area contributed by atoms with Gasteiger partial charge in [0.15, 0.2) is 0 Å². The predicted octanol–water partition coefficient (Wildman–Crippen LogP) is 6.22. The van der Waals surface area contributed by atoms with Crippen LogP contribution in [-0.2, 0) is 28.0 Å². The van der Waals surface area contributed by atoms with Gasteiger partial charge in [0, 0.05) is 6.54 Å². The Morgan fingerprint density at radius 3 is 2.16 bits per heavy atom. The van der Waals surface area contributed by atoms with E-state index < -0.39 is 22.5 Å². The van der Waals surface area contributed by atoms with Crippen LogP contribution in [0.25, 0.3) is 0 Å². The second-order valence-corrected chi connectivity index (χ2v) is 10.9. The number of sulfonamides is 1. The summed E-state index contributed by atoms with van der Waals surface area (Å²) in [6, 6.07) is 25.3. The maximum Gasteiger partial charge on any atom is 0.264 e. The van der Waals surface area contributed by atoms with Gasteiger partial charge in [0.25, 0.3) is 10.0 Å². The van der Waals surface area contributed by atoms with Gasteiger partial charge in [-0.15, -0.1) is 0 Å². The Bertz CT molecular complexity index is 1500. The standard InChI is InChI=1S/C28H23Cl2FN2O4S/c29-26-15-12-23(16-27(26)30)33(38(35,36)25-4-2-1-3-5-25)18-28(34)32-17-20-8-13-24(14-9-20)37-19-21-6-10-22(31)11-7-21/h1-16H,17-19H2,(H,32,34). The van der Waals surface area contributed by atoms with Crippen LogP contribution in [-0.4, -0.2) is 20.9 Å². The number of hydrogen-bond donors (Lipinski definition) is 1. The van der Waals surface area contributed by atoms with Crippen molar-refractivity contribution >= 4 is 44.8 Å². The van der Waals surface area contributed by atoms with Crippen LogP contribution in [0.15, 0.2) is 102 Å². The number of rotatable bonds is 10. The molecule has 0 saturated heterocycles. The number of halogens is 3. The zero-order valence-electron chi connectivity index (χ0n) is 20.0. The lowest BCUT2D eigenvalue weighted by atomic mass is 10.2. The summed E-state index contributed by atoms with van der Waals surface area (Å²) in [6.45, 7) is 0.00251. The van der Waals surface area contributed by atoms with Gasteiger partial charge in [-0.25, -0.2) is 12.8 Å². The monoisotopic (exact) mass is 572 g/mol. The maximum absolute atomic E-state index is 13.4. The smallest absolute Gasteiger partial charge is 0.264 e. The minimum Gasteiger partial charge on any atom is -0.489 e. The molecule has 6 nitrogen and oxygen atoms in total. The number of amides is 1. The average Bonchev–Trinajstić information content (AvgIpc) is 2.93. The lowest BCUT2D eigenvalue weighted by Gasteiger charge is -2.24. The van der Waals surface area contributed by atoms with Crippen LogP contribution in [0.2, 0.25) is 10.0 Å². The SMILES string of the molecule is O=C(CN(c1ccc(Cl)c(Cl)c1)S(=O)(=O)c1ccccc1)NCc1ccc(OCc2ccc(F)cc2)cc1. The van der Waals surface area contributed by atoms with Gasteiger partial charge in [0.05, 0.1) is 20.6 Å². The zero-order chi connectivity index (χ0) is 27.1. The lowest BCUT2D eigenvalue weighted by Crippen LogP contribution is -2.40. The predicted molar refractivity (Wildman–Crippen MR) is 146 cm³/mol. The number of ether oxygens (including phenoxy) is 1. The molecule has 0 heterocycles. The molecule has 0 radical (unpaired) electrons. The van der Waals surface area contributed by atoms with Crippen LogP contribution in [0.3, 0.4) is 0 Å². The fraction of sp³-hybridized carbons (Fsp3) is 0.107. The molecular formula is C28H23Cl2FN2O4S. The summed E-state index contributed by atoms with van der Waals surface area (Å²) in [5, 5.41) is 3.18. The molecule has 4 aromatic rings. The van der Waals surface area contributed by atoms with Gasteiger partial charge in [-0.3, -0.25) is 9.10 Å². The molecule has 1 amide bonds. The first-order chi connectivity index (χ1) is 18.2. The van der Waals surface area contributed by atoms with Crippen molar-refractivity contribution in [1.82, 2.24) is 5.32 Å². The molecule has 0 aliphatic rings. The summed E-state index contributed by atoms with van der Waals surface area (Å²) >= 11 is 12.1. The number of benzene rings is 4. The van der Waals surface area contributed by atoms with Crippen LogP contribution in [0, 0.1) is 5.82 Å². The molecule has 10 heteroatoms. The van der Waals surface area contributed by atoms with Crippen LogP contribution in [0.4, 0.5) is 10.1 Å². The van der Waals surface area contributed by atoms with E-state index in [0.717, 1.165) is 15.4 Å². The Labute approximate surface area is 230 Å². The minimum absolute atomic E-state index is 0.0371. The quantitative estimate of drug-likeness (QED) is 0.244. The van der Waals surface area contributed by atoms with E-state index in [0.29, 0.717) is 5.75 Å². The van der Waals surface area contributed by atoms with E-state index in [1.165, 1.54) is 42.5 Å². The Kier molecular flexibility index (Phi) is 8.89. The third-order valence-corrected chi connectivity index (χ3v) is 8.07. The topological polar surface area (TPSA) is 75.7 Å². The molecule has 0 atom stereocenters. The van der Waals surface area contributed by atoms with E-state index in [4.69, 9.17) is 27.9 Å². The molecular weight excluding hydrogens is 550 g/mol. The Hall–Kier alpha value is -3.59. The van der Waals surface area contributed by atoms with Crippen LogP contribution in [0.1, 0.15) is 11.1 Å². The highest BCUT2D eigenvalue weighted by Crippen LogP contribution is 2.30. The highest BCUT2D eigenvalue weighted by Gasteiger charge is 2.27. The highest BCUT2D eigenvalue weighted by atomic mass is 35.5. The van der Waals surface area contributed by atoms with Crippen molar-refractivity contribution in [2.45, 2.75) is 18.0 Å². The molecule has 0 spiro atoms. The normalized spacial score (nSPS) is 11.1. The van der Waals surface area contributed by atoms with Gasteiger partial charge in [0.2, 0.25) is 5.91 Å². The van der Waals surface area contributed by atoms with Gasteiger partial charge < -0.3 is 10.1 Å². The number of carbonyl (C=O) groups excluding carboxylic acids is 1. The summed E-state index contributed by atoms with van der Waals surface area (Å²) in [5.41, 5.74) is 1.83. The average molecular weight is 573 g/mol. The second-order valence-electron chi connectivity index (χ2n) is 8.26. The van der Waals surface area contributed by atoms with E-state index in [-0.39, 0.29) is 39.6 Å². The van der Waals surface area contributed by atoms with Gasteiger partial charge in [0.1, 0.15) is 24.7 Å². The maximum atomic E-state index is 13.4. The molecule has 0 aliphatic carbocycles. The first-order valence-corrected chi connectivity index (χ1v) is 13.7.